The Hall–Kier alpha value is -3.48. The Bertz CT molecular complexity index is 1020. The van der Waals surface area contributed by atoms with Gasteiger partial charge in [0.25, 0.3) is 5.89 Å². The van der Waals surface area contributed by atoms with Crippen molar-refractivity contribution in [1.82, 2.24) is 10.2 Å². The van der Waals surface area contributed by atoms with Crippen LogP contribution in [-0.2, 0) is 27.4 Å². The van der Waals surface area contributed by atoms with Gasteiger partial charge in [-0.2, -0.15) is 0 Å². The highest BCUT2D eigenvalue weighted by Gasteiger charge is 2.37. The van der Waals surface area contributed by atoms with Gasteiger partial charge in [-0.15, -0.1) is 10.2 Å². The number of para-hydroxylation sites is 1. The Balaban J connectivity index is 1.37. The summed E-state index contributed by atoms with van der Waals surface area (Å²) < 4.78 is 10.9. The van der Waals surface area contributed by atoms with Crippen molar-refractivity contribution in [3.05, 3.63) is 66.1 Å². The zero-order chi connectivity index (χ0) is 20.2. The lowest BCUT2D eigenvalue weighted by atomic mass is 10.1. The fraction of sp³-hybridized carbons (Fsp3) is 0.273. The molecule has 0 bridgehead atoms. The number of esters is 1. The minimum absolute atomic E-state index is 0.0722. The minimum Gasteiger partial charge on any atom is -0.455 e. The first-order valence-electron chi connectivity index (χ1n) is 9.58. The van der Waals surface area contributed by atoms with Crippen LogP contribution in [0.3, 0.4) is 0 Å². The maximum absolute atomic E-state index is 12.5. The third kappa shape index (κ3) is 4.03. The number of anilines is 1. The molecular weight excluding hydrogens is 370 g/mol. The van der Waals surface area contributed by atoms with Gasteiger partial charge in [-0.25, -0.2) is 0 Å². The monoisotopic (exact) mass is 391 g/mol. The van der Waals surface area contributed by atoms with Crippen LogP contribution in [0.2, 0.25) is 0 Å². The summed E-state index contributed by atoms with van der Waals surface area (Å²) >= 11 is 0. The molecule has 0 radical (unpaired) electrons. The molecule has 0 N–H and O–H groups in total. The summed E-state index contributed by atoms with van der Waals surface area (Å²) in [4.78, 5) is 26.6. The van der Waals surface area contributed by atoms with E-state index in [1.165, 1.54) is 0 Å². The van der Waals surface area contributed by atoms with Gasteiger partial charge < -0.3 is 14.1 Å². The summed E-state index contributed by atoms with van der Waals surface area (Å²) in [6.07, 6.45) is 0.950. The molecule has 1 aliphatic rings. The Morgan fingerprint density at radius 2 is 1.90 bits per heavy atom. The smallest absolute Gasteiger partial charge is 0.311 e. The average molecular weight is 391 g/mol. The van der Waals surface area contributed by atoms with E-state index in [2.05, 4.69) is 10.2 Å². The van der Waals surface area contributed by atoms with Gasteiger partial charge in [0.15, 0.2) is 6.61 Å². The number of amides is 1. The number of benzene rings is 2. The van der Waals surface area contributed by atoms with Gasteiger partial charge in [-0.05, 0) is 30.2 Å². The fourth-order valence-corrected chi connectivity index (χ4v) is 3.43. The van der Waals surface area contributed by atoms with E-state index in [4.69, 9.17) is 9.15 Å². The van der Waals surface area contributed by atoms with Crippen LogP contribution in [0.1, 0.15) is 24.8 Å². The number of hydrogen-bond donors (Lipinski definition) is 0. The summed E-state index contributed by atoms with van der Waals surface area (Å²) in [5, 5.41) is 7.89. The third-order valence-electron chi connectivity index (χ3n) is 4.95. The van der Waals surface area contributed by atoms with Gasteiger partial charge in [0.2, 0.25) is 11.8 Å². The maximum atomic E-state index is 12.5. The number of aromatic nitrogens is 2. The van der Waals surface area contributed by atoms with Crippen LogP contribution in [-0.4, -0.2) is 28.6 Å². The van der Waals surface area contributed by atoms with Gasteiger partial charge in [0.1, 0.15) is 0 Å². The zero-order valence-electron chi connectivity index (χ0n) is 16.1. The summed E-state index contributed by atoms with van der Waals surface area (Å²) in [5.41, 5.74) is 2.73. The molecule has 0 spiro atoms. The lowest BCUT2D eigenvalue weighted by molar-refractivity contribution is -0.150. The summed E-state index contributed by atoms with van der Waals surface area (Å²) in [6, 6.07) is 17.1. The molecule has 0 aliphatic carbocycles. The molecule has 3 aromatic rings. The van der Waals surface area contributed by atoms with Crippen LogP contribution in [0.25, 0.3) is 11.5 Å². The van der Waals surface area contributed by atoms with E-state index in [0.29, 0.717) is 12.4 Å². The SMILES string of the molecule is CCc1ccccc1N1C[C@@H](C(=O)OCc2nnc(-c3ccccc3)o2)CC1=O. The van der Waals surface area contributed by atoms with E-state index < -0.39 is 11.9 Å². The van der Waals surface area contributed by atoms with Crippen LogP contribution in [0.4, 0.5) is 5.69 Å². The topological polar surface area (TPSA) is 85.5 Å². The second-order valence-corrected chi connectivity index (χ2v) is 6.86. The first kappa shape index (κ1) is 18.9. The van der Waals surface area contributed by atoms with Crippen LogP contribution >= 0.6 is 0 Å². The van der Waals surface area contributed by atoms with Gasteiger partial charge >= 0.3 is 5.97 Å². The molecule has 29 heavy (non-hydrogen) atoms. The largest absolute Gasteiger partial charge is 0.455 e. The second-order valence-electron chi connectivity index (χ2n) is 6.86. The van der Waals surface area contributed by atoms with Gasteiger partial charge in [-0.1, -0.05) is 43.3 Å². The zero-order valence-corrected chi connectivity index (χ0v) is 16.1. The molecule has 148 valence electrons. The molecule has 7 nitrogen and oxygen atoms in total. The van der Waals surface area contributed by atoms with E-state index in [-0.39, 0.29) is 24.8 Å². The molecule has 1 aromatic heterocycles. The van der Waals surface area contributed by atoms with Crippen molar-refractivity contribution < 1.29 is 18.7 Å². The van der Waals surface area contributed by atoms with Crippen molar-refractivity contribution in [2.24, 2.45) is 5.92 Å². The molecule has 4 rings (SSSR count). The molecule has 0 saturated carbocycles. The number of carbonyl (C=O) groups is 2. The van der Waals surface area contributed by atoms with Crippen molar-refractivity contribution in [2.45, 2.75) is 26.4 Å². The normalized spacial score (nSPS) is 16.2. The number of hydrogen-bond acceptors (Lipinski definition) is 6. The molecule has 1 atom stereocenters. The molecule has 1 fully saturated rings. The second kappa shape index (κ2) is 8.26. The Morgan fingerprint density at radius 3 is 2.69 bits per heavy atom. The molecular formula is C22H21N3O4. The van der Waals surface area contributed by atoms with Gasteiger partial charge in [-0.3, -0.25) is 9.59 Å². The highest BCUT2D eigenvalue weighted by atomic mass is 16.5. The quantitative estimate of drug-likeness (QED) is 0.599. The minimum atomic E-state index is -0.510. The van der Waals surface area contributed by atoms with Crippen LogP contribution in [0, 0.1) is 5.92 Å². The highest BCUT2D eigenvalue weighted by Crippen LogP contribution is 2.29. The van der Waals surface area contributed by atoms with Crippen molar-refractivity contribution in [3.63, 3.8) is 0 Å². The first-order valence-corrected chi connectivity index (χ1v) is 9.58. The van der Waals surface area contributed by atoms with E-state index in [0.717, 1.165) is 23.2 Å². The predicted molar refractivity (Wildman–Crippen MR) is 106 cm³/mol. The van der Waals surface area contributed by atoms with Crippen molar-refractivity contribution in [3.8, 4) is 11.5 Å². The molecule has 0 unspecified atom stereocenters. The first-order chi connectivity index (χ1) is 14.2. The van der Waals surface area contributed by atoms with Crippen LogP contribution < -0.4 is 4.90 Å². The van der Waals surface area contributed by atoms with Crippen molar-refractivity contribution >= 4 is 17.6 Å². The lowest BCUT2D eigenvalue weighted by Crippen LogP contribution is -2.27. The van der Waals surface area contributed by atoms with Gasteiger partial charge in [0.05, 0.1) is 5.92 Å². The summed E-state index contributed by atoms with van der Waals surface area (Å²) in [5.74, 6) is -0.431. The van der Waals surface area contributed by atoms with Crippen molar-refractivity contribution in [2.75, 3.05) is 11.4 Å². The Kier molecular flexibility index (Phi) is 5.37. The number of aryl methyl sites for hydroxylation is 1. The van der Waals surface area contributed by atoms with E-state index >= 15 is 0 Å². The van der Waals surface area contributed by atoms with E-state index in [9.17, 15) is 9.59 Å². The fourth-order valence-electron chi connectivity index (χ4n) is 3.43. The third-order valence-corrected chi connectivity index (χ3v) is 4.95. The predicted octanol–water partition coefficient (Wildman–Crippen LogP) is 3.40. The summed E-state index contributed by atoms with van der Waals surface area (Å²) in [7, 11) is 0. The number of ether oxygens (including phenoxy) is 1. The molecule has 1 saturated heterocycles. The maximum Gasteiger partial charge on any atom is 0.311 e. The molecule has 2 aromatic carbocycles. The van der Waals surface area contributed by atoms with E-state index in [1.54, 1.807) is 4.90 Å². The Morgan fingerprint density at radius 1 is 1.14 bits per heavy atom. The highest BCUT2D eigenvalue weighted by molar-refractivity contribution is 6.00. The number of nitrogens with zero attached hydrogens (tertiary/aromatic N) is 3. The van der Waals surface area contributed by atoms with Crippen molar-refractivity contribution in [1.29, 1.82) is 0 Å². The number of rotatable bonds is 6. The molecule has 1 amide bonds. The number of carbonyl (C=O) groups excluding carboxylic acids is 2. The van der Waals surface area contributed by atoms with E-state index in [1.807, 2.05) is 61.5 Å². The van der Waals surface area contributed by atoms with Gasteiger partial charge in [0, 0.05) is 24.2 Å². The average Bonchev–Trinajstić information content (AvgIpc) is 3.39. The van der Waals surface area contributed by atoms with Crippen LogP contribution in [0.15, 0.2) is 59.0 Å². The standard InChI is InChI=1S/C22H21N3O4/c1-2-15-8-6-7-11-18(15)25-13-17(12-20(25)26)22(27)28-14-19-23-24-21(29-19)16-9-4-3-5-10-16/h3-11,17H,2,12-14H2,1H3/t17-/m0/s1. The van der Waals surface area contributed by atoms with Crippen LogP contribution in [0.5, 0.6) is 0 Å². The Labute approximate surface area is 168 Å². The molecule has 2 heterocycles. The molecule has 7 heteroatoms. The molecule has 1 aliphatic heterocycles. The lowest BCUT2D eigenvalue weighted by Gasteiger charge is -2.19. The summed E-state index contributed by atoms with van der Waals surface area (Å²) in [6.45, 7) is 2.24.